The van der Waals surface area contributed by atoms with E-state index in [1.54, 1.807) is 38.6 Å². The number of anilines is 1. The van der Waals surface area contributed by atoms with Gasteiger partial charge in [0.15, 0.2) is 11.9 Å². The van der Waals surface area contributed by atoms with Crippen molar-refractivity contribution >= 4 is 11.4 Å². The lowest BCUT2D eigenvalue weighted by molar-refractivity contribution is -0.385. The molecule has 35 heavy (non-hydrogen) atoms. The highest BCUT2D eigenvalue weighted by Gasteiger charge is 2.54. The molecule has 11 nitrogen and oxygen atoms in total. The first-order chi connectivity index (χ1) is 16.8. The molecule has 0 unspecified atom stereocenters. The summed E-state index contributed by atoms with van der Waals surface area (Å²) in [5, 5.41) is 23.4. The van der Waals surface area contributed by atoms with Crippen LogP contribution in [0.4, 0.5) is 11.4 Å². The molecular formula is C24H28N4O7. The summed E-state index contributed by atoms with van der Waals surface area (Å²) in [5.41, 5.74) is -0.265. The largest absolute Gasteiger partial charge is 0.497 e. The van der Waals surface area contributed by atoms with Crippen molar-refractivity contribution in [2.75, 3.05) is 26.2 Å². The molecule has 3 atom stereocenters. The fourth-order valence-electron chi connectivity index (χ4n) is 4.51. The summed E-state index contributed by atoms with van der Waals surface area (Å²) in [7, 11) is 4.49. The average molecular weight is 485 g/mol. The van der Waals surface area contributed by atoms with Crippen LogP contribution in [0.1, 0.15) is 24.4 Å². The SMILES string of the molecule is COc1ccc(N(Cc2ncc[nH]2)[C@@H]2c3cc([N+](=O)[O-])ccc3O[C@](C)(C(OC)OC)[C@H]2O)cc1. The number of nitro benzene ring substituents is 1. The molecular weight excluding hydrogens is 456 g/mol. The number of nitrogens with one attached hydrogen (secondary N) is 1. The standard InChI is InChI=1S/C24H28N4O7/c1-24(23(33-3)34-4)22(29)21(18-13-16(28(30)31)7-10-19(18)35-24)27(14-20-25-11-12-26-20)15-5-8-17(32-2)9-6-15/h5-13,21-23,29H,14H2,1-4H3,(H,25,26)/t21-,22+,24+/m1/s1. The van der Waals surface area contributed by atoms with Crippen LogP contribution in [0.3, 0.4) is 0 Å². The van der Waals surface area contributed by atoms with E-state index in [-0.39, 0.29) is 12.2 Å². The fourth-order valence-corrected chi connectivity index (χ4v) is 4.51. The summed E-state index contributed by atoms with van der Waals surface area (Å²) in [5.74, 6) is 1.69. The molecule has 1 aromatic heterocycles. The van der Waals surface area contributed by atoms with E-state index < -0.39 is 29.0 Å². The third-order valence-corrected chi connectivity index (χ3v) is 6.25. The number of non-ortho nitro benzene ring substituents is 1. The number of aromatic amines is 1. The molecule has 1 aliphatic heterocycles. The molecule has 0 bridgehead atoms. The highest BCUT2D eigenvalue weighted by Crippen LogP contribution is 2.47. The van der Waals surface area contributed by atoms with Gasteiger partial charge in [0.2, 0.25) is 0 Å². The molecule has 0 fully saturated rings. The van der Waals surface area contributed by atoms with Crippen LogP contribution in [0.2, 0.25) is 0 Å². The van der Waals surface area contributed by atoms with Crippen molar-refractivity contribution in [3.8, 4) is 11.5 Å². The zero-order chi connectivity index (χ0) is 25.2. The van der Waals surface area contributed by atoms with Gasteiger partial charge in [0, 0.05) is 50.0 Å². The maximum atomic E-state index is 11.8. The molecule has 2 heterocycles. The molecule has 0 saturated carbocycles. The second-order valence-electron chi connectivity index (χ2n) is 8.32. The van der Waals surface area contributed by atoms with Crippen LogP contribution in [0.15, 0.2) is 54.9 Å². The number of H-pyrrole nitrogens is 1. The Balaban J connectivity index is 1.91. The van der Waals surface area contributed by atoms with Crippen LogP contribution in [-0.2, 0) is 16.0 Å². The molecule has 186 valence electrons. The maximum Gasteiger partial charge on any atom is 0.270 e. The summed E-state index contributed by atoms with van der Waals surface area (Å²) >= 11 is 0. The Morgan fingerprint density at radius 2 is 1.94 bits per heavy atom. The van der Waals surface area contributed by atoms with E-state index in [0.29, 0.717) is 22.9 Å². The number of fused-ring (bicyclic) bond motifs is 1. The van der Waals surface area contributed by atoms with Crippen LogP contribution in [-0.4, -0.2) is 59.3 Å². The molecule has 4 rings (SSSR count). The van der Waals surface area contributed by atoms with Crippen LogP contribution >= 0.6 is 0 Å². The molecule has 2 aromatic carbocycles. The molecule has 0 spiro atoms. The van der Waals surface area contributed by atoms with Crippen LogP contribution < -0.4 is 14.4 Å². The molecule has 2 N–H and O–H groups in total. The summed E-state index contributed by atoms with van der Waals surface area (Å²) in [6.45, 7) is 1.95. The van der Waals surface area contributed by atoms with Crippen molar-refractivity contribution in [3.05, 3.63) is 76.4 Å². The van der Waals surface area contributed by atoms with E-state index in [2.05, 4.69) is 9.97 Å². The van der Waals surface area contributed by atoms with Gasteiger partial charge in [0.05, 0.1) is 24.6 Å². The summed E-state index contributed by atoms with van der Waals surface area (Å²) < 4.78 is 22.5. The lowest BCUT2D eigenvalue weighted by Crippen LogP contribution is -2.62. The van der Waals surface area contributed by atoms with Crippen molar-refractivity contribution in [2.24, 2.45) is 0 Å². The van der Waals surface area contributed by atoms with E-state index >= 15 is 0 Å². The van der Waals surface area contributed by atoms with Gasteiger partial charge in [0.1, 0.15) is 23.4 Å². The number of aliphatic hydroxyl groups excluding tert-OH is 1. The molecule has 3 aromatic rings. The van der Waals surface area contributed by atoms with Crippen molar-refractivity contribution in [1.29, 1.82) is 0 Å². The zero-order valence-corrected chi connectivity index (χ0v) is 19.9. The number of benzene rings is 2. The summed E-state index contributed by atoms with van der Waals surface area (Å²) in [6.07, 6.45) is 1.19. The van der Waals surface area contributed by atoms with Gasteiger partial charge in [-0.25, -0.2) is 4.98 Å². The third kappa shape index (κ3) is 4.53. The minimum absolute atomic E-state index is 0.115. The van der Waals surface area contributed by atoms with Crippen molar-refractivity contribution in [3.63, 3.8) is 0 Å². The number of imidazole rings is 1. The van der Waals surface area contributed by atoms with Gasteiger partial charge in [-0.05, 0) is 37.3 Å². The Morgan fingerprint density at radius 3 is 2.51 bits per heavy atom. The maximum absolute atomic E-state index is 11.8. The first kappa shape index (κ1) is 24.5. The minimum atomic E-state index is -1.34. The number of rotatable bonds is 9. The normalized spacial score (nSPS) is 21.3. The lowest BCUT2D eigenvalue weighted by atomic mass is 9.83. The predicted molar refractivity (Wildman–Crippen MR) is 126 cm³/mol. The van der Waals surface area contributed by atoms with Crippen LogP contribution in [0.5, 0.6) is 11.5 Å². The molecule has 11 heteroatoms. The quantitative estimate of drug-likeness (QED) is 0.267. The monoisotopic (exact) mass is 484 g/mol. The van der Waals surface area contributed by atoms with Crippen molar-refractivity contribution < 1.29 is 29.0 Å². The zero-order valence-electron chi connectivity index (χ0n) is 19.9. The van der Waals surface area contributed by atoms with Gasteiger partial charge < -0.3 is 33.9 Å². The van der Waals surface area contributed by atoms with E-state index in [1.165, 1.54) is 32.4 Å². The van der Waals surface area contributed by atoms with E-state index in [1.807, 2.05) is 17.0 Å². The Morgan fingerprint density at radius 1 is 1.23 bits per heavy atom. The number of nitrogens with zero attached hydrogens (tertiary/aromatic N) is 3. The third-order valence-electron chi connectivity index (χ3n) is 6.25. The number of ether oxygens (including phenoxy) is 4. The van der Waals surface area contributed by atoms with Crippen LogP contribution in [0.25, 0.3) is 0 Å². The first-order valence-corrected chi connectivity index (χ1v) is 10.9. The number of hydrogen-bond acceptors (Lipinski definition) is 9. The van der Waals surface area contributed by atoms with Gasteiger partial charge >= 0.3 is 0 Å². The Labute approximate surface area is 202 Å². The van der Waals surface area contributed by atoms with Gasteiger partial charge in [-0.1, -0.05) is 0 Å². The molecule has 0 aliphatic carbocycles. The number of aliphatic hydroxyl groups is 1. The van der Waals surface area contributed by atoms with E-state index in [4.69, 9.17) is 18.9 Å². The molecule has 0 saturated heterocycles. The summed E-state index contributed by atoms with van der Waals surface area (Å²) in [4.78, 5) is 20.5. The predicted octanol–water partition coefficient (Wildman–Crippen LogP) is 3.21. The van der Waals surface area contributed by atoms with Gasteiger partial charge in [-0.15, -0.1) is 0 Å². The first-order valence-electron chi connectivity index (χ1n) is 10.9. The average Bonchev–Trinajstić information content (AvgIpc) is 3.38. The highest BCUT2D eigenvalue weighted by molar-refractivity contribution is 5.56. The van der Waals surface area contributed by atoms with Crippen molar-refractivity contribution in [2.45, 2.75) is 37.5 Å². The van der Waals surface area contributed by atoms with Crippen molar-refractivity contribution in [1.82, 2.24) is 9.97 Å². The number of nitro groups is 1. The van der Waals surface area contributed by atoms with Gasteiger partial charge in [0.25, 0.3) is 5.69 Å². The van der Waals surface area contributed by atoms with Gasteiger partial charge in [-0.2, -0.15) is 0 Å². The van der Waals surface area contributed by atoms with Crippen LogP contribution in [0, 0.1) is 10.1 Å². The lowest BCUT2D eigenvalue weighted by Gasteiger charge is -2.49. The Hall–Kier alpha value is -3.67. The Bertz CT molecular complexity index is 1150. The summed E-state index contributed by atoms with van der Waals surface area (Å²) in [6, 6.07) is 10.9. The van der Waals surface area contributed by atoms with E-state index in [0.717, 1.165) is 5.69 Å². The fraction of sp³-hybridized carbons (Fsp3) is 0.375. The second kappa shape index (κ2) is 9.90. The minimum Gasteiger partial charge on any atom is -0.497 e. The molecule has 1 aliphatic rings. The number of hydrogen-bond donors (Lipinski definition) is 2. The molecule has 0 amide bonds. The molecule has 0 radical (unpaired) electrons. The topological polar surface area (TPSA) is 132 Å². The highest BCUT2D eigenvalue weighted by atomic mass is 16.7. The van der Waals surface area contributed by atoms with Gasteiger partial charge in [-0.3, -0.25) is 10.1 Å². The Kier molecular flexibility index (Phi) is 6.92. The van der Waals surface area contributed by atoms with E-state index in [9.17, 15) is 15.2 Å². The number of methoxy groups -OCH3 is 3. The second-order valence-corrected chi connectivity index (χ2v) is 8.32. The smallest absolute Gasteiger partial charge is 0.270 e. The number of aromatic nitrogens is 2.